The fourth-order valence-electron chi connectivity index (χ4n) is 4.05. The van der Waals surface area contributed by atoms with Crippen molar-refractivity contribution in [1.29, 1.82) is 0 Å². The summed E-state index contributed by atoms with van der Waals surface area (Å²) in [5, 5.41) is 3.39. The molecule has 0 radical (unpaired) electrons. The fourth-order valence-corrected chi connectivity index (χ4v) is 5.38. The predicted molar refractivity (Wildman–Crippen MR) is 118 cm³/mol. The van der Waals surface area contributed by atoms with Gasteiger partial charge in [-0.1, -0.05) is 35.9 Å². The van der Waals surface area contributed by atoms with Gasteiger partial charge in [0.05, 0.1) is 10.6 Å². The summed E-state index contributed by atoms with van der Waals surface area (Å²) < 4.78 is 28.6. The SMILES string of the molecule is CN1CCc2c([nH]c3cc(NS(=O)(=O)c4ccc5c(Cl)cccc5c4)ccc23)C1. The first-order valence-corrected chi connectivity index (χ1v) is 11.3. The summed E-state index contributed by atoms with van der Waals surface area (Å²) >= 11 is 6.19. The number of likely N-dealkylation sites (N-methyl/N-ethyl adjacent to an activating group) is 1. The molecule has 1 aliphatic rings. The molecule has 0 saturated carbocycles. The van der Waals surface area contributed by atoms with E-state index in [0.29, 0.717) is 10.7 Å². The molecule has 7 heteroatoms. The number of benzene rings is 3. The number of halogens is 1. The van der Waals surface area contributed by atoms with E-state index in [1.54, 1.807) is 24.3 Å². The summed E-state index contributed by atoms with van der Waals surface area (Å²) in [5.41, 5.74) is 4.03. The van der Waals surface area contributed by atoms with Crippen molar-refractivity contribution in [3.63, 3.8) is 0 Å². The Morgan fingerprint density at radius 1 is 1.07 bits per heavy atom. The minimum Gasteiger partial charge on any atom is -0.357 e. The molecule has 2 N–H and O–H groups in total. The minimum atomic E-state index is -3.71. The molecule has 0 unspecified atom stereocenters. The van der Waals surface area contributed by atoms with E-state index < -0.39 is 10.0 Å². The summed E-state index contributed by atoms with van der Waals surface area (Å²) in [4.78, 5) is 5.93. The molecule has 0 aliphatic carbocycles. The van der Waals surface area contributed by atoms with Crippen LogP contribution >= 0.6 is 11.6 Å². The molecule has 1 aromatic heterocycles. The van der Waals surface area contributed by atoms with Crippen LogP contribution in [0.3, 0.4) is 0 Å². The molecule has 5 nitrogen and oxygen atoms in total. The molecule has 5 rings (SSSR count). The van der Waals surface area contributed by atoms with E-state index in [-0.39, 0.29) is 4.90 Å². The molecule has 2 heterocycles. The number of hydrogen-bond acceptors (Lipinski definition) is 3. The van der Waals surface area contributed by atoms with E-state index in [0.717, 1.165) is 41.2 Å². The lowest BCUT2D eigenvalue weighted by Gasteiger charge is -2.22. The molecular weight excluding hydrogens is 406 g/mol. The smallest absolute Gasteiger partial charge is 0.261 e. The number of anilines is 1. The van der Waals surface area contributed by atoms with Crippen LogP contribution in [0.15, 0.2) is 59.5 Å². The summed E-state index contributed by atoms with van der Waals surface area (Å²) in [6.07, 6.45) is 0.997. The first-order valence-electron chi connectivity index (χ1n) is 9.44. The van der Waals surface area contributed by atoms with Crippen LogP contribution in [0.5, 0.6) is 0 Å². The average molecular weight is 426 g/mol. The first kappa shape index (κ1) is 18.5. The number of sulfonamides is 1. The van der Waals surface area contributed by atoms with Crippen LogP contribution in [0, 0.1) is 0 Å². The van der Waals surface area contributed by atoms with Gasteiger partial charge in [0, 0.05) is 40.1 Å². The zero-order valence-corrected chi connectivity index (χ0v) is 17.4. The molecular formula is C22H20ClN3O2S. The van der Waals surface area contributed by atoms with Gasteiger partial charge in [-0.2, -0.15) is 0 Å². The maximum atomic E-state index is 12.9. The number of nitrogens with zero attached hydrogens (tertiary/aromatic N) is 1. The monoisotopic (exact) mass is 425 g/mol. The molecule has 0 amide bonds. The number of rotatable bonds is 3. The van der Waals surface area contributed by atoms with Gasteiger partial charge in [0.25, 0.3) is 10.0 Å². The normalized spacial score (nSPS) is 15.0. The Morgan fingerprint density at radius 3 is 2.76 bits per heavy atom. The molecule has 0 spiro atoms. The molecule has 1 aliphatic heterocycles. The third-order valence-corrected chi connectivity index (χ3v) is 7.24. The third kappa shape index (κ3) is 3.27. The van der Waals surface area contributed by atoms with E-state index >= 15 is 0 Å². The van der Waals surface area contributed by atoms with E-state index in [2.05, 4.69) is 21.7 Å². The molecule has 29 heavy (non-hydrogen) atoms. The summed E-state index contributed by atoms with van der Waals surface area (Å²) in [5.74, 6) is 0. The Morgan fingerprint density at radius 2 is 1.90 bits per heavy atom. The van der Waals surface area contributed by atoms with Gasteiger partial charge in [-0.05, 0) is 54.8 Å². The van der Waals surface area contributed by atoms with Crippen LogP contribution in [0.4, 0.5) is 5.69 Å². The zero-order chi connectivity index (χ0) is 20.2. The second-order valence-corrected chi connectivity index (χ2v) is 9.65. The maximum Gasteiger partial charge on any atom is 0.261 e. The minimum absolute atomic E-state index is 0.208. The Labute approximate surface area is 174 Å². The van der Waals surface area contributed by atoms with Crippen molar-refractivity contribution in [3.05, 3.63) is 70.9 Å². The molecule has 4 aromatic rings. The number of aromatic nitrogens is 1. The Kier molecular flexibility index (Phi) is 4.31. The van der Waals surface area contributed by atoms with Gasteiger partial charge in [0.15, 0.2) is 0 Å². The standard InChI is InChI=1S/C22H20ClN3O2S/c1-26-10-9-19-18-7-5-15(12-21(18)24-22(19)13-26)25-29(27,28)16-6-8-17-14(11-16)3-2-4-20(17)23/h2-8,11-12,24-25H,9-10,13H2,1H3. The second kappa shape index (κ2) is 6.76. The quantitative estimate of drug-likeness (QED) is 0.497. The van der Waals surface area contributed by atoms with Crippen molar-refractivity contribution < 1.29 is 8.42 Å². The fraction of sp³-hybridized carbons (Fsp3) is 0.182. The van der Waals surface area contributed by atoms with Crippen LogP contribution < -0.4 is 4.72 Å². The van der Waals surface area contributed by atoms with Gasteiger partial charge in [0.1, 0.15) is 0 Å². The van der Waals surface area contributed by atoms with Crippen molar-refractivity contribution in [2.24, 2.45) is 0 Å². The highest BCUT2D eigenvalue weighted by Gasteiger charge is 2.20. The average Bonchev–Trinajstić information content (AvgIpc) is 3.04. The van der Waals surface area contributed by atoms with Crippen molar-refractivity contribution in [2.45, 2.75) is 17.9 Å². The lowest BCUT2D eigenvalue weighted by molar-refractivity contribution is 0.310. The summed E-state index contributed by atoms with van der Waals surface area (Å²) in [7, 11) is -1.61. The van der Waals surface area contributed by atoms with E-state index in [4.69, 9.17) is 11.6 Å². The van der Waals surface area contributed by atoms with Crippen LogP contribution in [-0.2, 0) is 23.0 Å². The van der Waals surface area contributed by atoms with Crippen LogP contribution in [-0.4, -0.2) is 31.9 Å². The van der Waals surface area contributed by atoms with Gasteiger partial charge < -0.3 is 9.88 Å². The van der Waals surface area contributed by atoms with Crippen LogP contribution in [0.25, 0.3) is 21.7 Å². The number of aromatic amines is 1. The molecule has 0 bridgehead atoms. The zero-order valence-electron chi connectivity index (χ0n) is 15.9. The lowest BCUT2D eigenvalue weighted by atomic mass is 10.0. The third-order valence-electron chi connectivity index (χ3n) is 5.53. The Hall–Kier alpha value is -2.54. The van der Waals surface area contributed by atoms with Crippen molar-refractivity contribution in [2.75, 3.05) is 18.3 Å². The van der Waals surface area contributed by atoms with Crippen LogP contribution in [0.2, 0.25) is 5.02 Å². The molecule has 0 atom stereocenters. The highest BCUT2D eigenvalue weighted by Crippen LogP contribution is 2.30. The topological polar surface area (TPSA) is 65.2 Å². The molecule has 148 valence electrons. The van der Waals surface area contributed by atoms with Gasteiger partial charge in [0.2, 0.25) is 0 Å². The lowest BCUT2D eigenvalue weighted by Crippen LogP contribution is -2.26. The second-order valence-electron chi connectivity index (χ2n) is 7.56. The molecule has 0 fully saturated rings. The summed E-state index contributed by atoms with van der Waals surface area (Å²) in [6.45, 7) is 1.91. The molecule has 0 saturated heterocycles. The van der Waals surface area contributed by atoms with Crippen molar-refractivity contribution >= 4 is 49.0 Å². The molecule has 3 aromatic carbocycles. The van der Waals surface area contributed by atoms with Gasteiger partial charge >= 0.3 is 0 Å². The number of H-pyrrole nitrogens is 1. The Balaban J connectivity index is 1.49. The van der Waals surface area contributed by atoms with Gasteiger partial charge in [-0.15, -0.1) is 0 Å². The van der Waals surface area contributed by atoms with Crippen molar-refractivity contribution in [3.8, 4) is 0 Å². The number of fused-ring (bicyclic) bond motifs is 4. The number of hydrogen-bond donors (Lipinski definition) is 2. The van der Waals surface area contributed by atoms with Gasteiger partial charge in [-0.25, -0.2) is 8.42 Å². The number of nitrogens with one attached hydrogen (secondary N) is 2. The van der Waals surface area contributed by atoms with E-state index in [1.165, 1.54) is 11.3 Å². The highest BCUT2D eigenvalue weighted by molar-refractivity contribution is 7.92. The highest BCUT2D eigenvalue weighted by atomic mass is 35.5. The Bertz CT molecular complexity index is 1360. The van der Waals surface area contributed by atoms with Crippen molar-refractivity contribution in [1.82, 2.24) is 9.88 Å². The largest absolute Gasteiger partial charge is 0.357 e. The van der Waals surface area contributed by atoms with E-state index in [9.17, 15) is 8.42 Å². The predicted octanol–water partition coefficient (Wildman–Crippen LogP) is 4.76. The summed E-state index contributed by atoms with van der Waals surface area (Å²) in [6, 6.07) is 16.1. The maximum absolute atomic E-state index is 12.9. The first-order chi connectivity index (χ1) is 13.9. The van der Waals surface area contributed by atoms with Gasteiger partial charge in [-0.3, -0.25) is 4.72 Å². The van der Waals surface area contributed by atoms with E-state index in [1.807, 2.05) is 30.3 Å². The van der Waals surface area contributed by atoms with Crippen LogP contribution in [0.1, 0.15) is 11.3 Å².